The van der Waals surface area contributed by atoms with Crippen LogP contribution in [0, 0.1) is 12.8 Å². The highest BCUT2D eigenvalue weighted by atomic mass is 35.5. The van der Waals surface area contributed by atoms with E-state index in [9.17, 15) is 9.59 Å². The minimum Gasteiger partial charge on any atom is -0.465 e. The van der Waals surface area contributed by atoms with Crippen LogP contribution in [0.1, 0.15) is 47.9 Å². The summed E-state index contributed by atoms with van der Waals surface area (Å²) in [6, 6.07) is 9.80. The Labute approximate surface area is 179 Å². The second-order valence-electron chi connectivity index (χ2n) is 8.01. The molecular formula is C23H25ClN2O4. The Morgan fingerprint density at radius 3 is 2.67 bits per heavy atom. The molecule has 0 aliphatic carbocycles. The summed E-state index contributed by atoms with van der Waals surface area (Å²) in [5, 5.41) is 3.72. The number of hydrogen-bond acceptors (Lipinski definition) is 5. The zero-order valence-corrected chi connectivity index (χ0v) is 17.9. The molecule has 6 nitrogen and oxygen atoms in total. The van der Waals surface area contributed by atoms with E-state index in [1.54, 1.807) is 12.1 Å². The van der Waals surface area contributed by atoms with Crippen molar-refractivity contribution in [1.82, 2.24) is 10.2 Å². The number of aryl methyl sites for hydroxylation is 1. The van der Waals surface area contributed by atoms with Gasteiger partial charge in [0.2, 0.25) is 0 Å². The molecule has 0 spiro atoms. The molecule has 7 heteroatoms. The van der Waals surface area contributed by atoms with E-state index in [1.807, 2.05) is 19.1 Å². The van der Waals surface area contributed by atoms with Crippen LogP contribution in [0.15, 0.2) is 50.0 Å². The van der Waals surface area contributed by atoms with Gasteiger partial charge >= 0.3 is 0 Å². The van der Waals surface area contributed by atoms with E-state index in [0.29, 0.717) is 28.5 Å². The molecule has 0 radical (unpaired) electrons. The summed E-state index contributed by atoms with van der Waals surface area (Å²) in [6.07, 6.45) is 2.23. The van der Waals surface area contributed by atoms with E-state index in [4.69, 9.17) is 20.4 Å². The molecule has 4 rings (SSSR count). The zero-order chi connectivity index (χ0) is 21.3. The van der Waals surface area contributed by atoms with Gasteiger partial charge in [0, 0.05) is 17.6 Å². The molecule has 30 heavy (non-hydrogen) atoms. The standard InChI is InChI=1S/C23H25ClN2O4/c1-14-7-9-26(10-8-14)18(21-5-3-15(2)29-21)13-25-23(28)22-12-19(27)17-11-16(24)4-6-20(17)30-22/h3-6,11-12,14,18H,7-10,13H2,1-2H3,(H,25,28)/t18-/m1/s1. The third kappa shape index (κ3) is 4.45. The summed E-state index contributed by atoms with van der Waals surface area (Å²) in [7, 11) is 0. The first-order valence-electron chi connectivity index (χ1n) is 10.2. The van der Waals surface area contributed by atoms with E-state index in [2.05, 4.69) is 17.1 Å². The van der Waals surface area contributed by atoms with Gasteiger partial charge in [0.05, 0.1) is 11.4 Å². The van der Waals surface area contributed by atoms with Crippen LogP contribution < -0.4 is 10.7 Å². The first-order valence-corrected chi connectivity index (χ1v) is 10.6. The number of rotatable bonds is 5. The lowest BCUT2D eigenvalue weighted by molar-refractivity contribution is 0.0870. The smallest absolute Gasteiger partial charge is 0.287 e. The number of amides is 1. The fourth-order valence-electron chi connectivity index (χ4n) is 3.90. The van der Waals surface area contributed by atoms with Crippen molar-refractivity contribution >= 4 is 28.5 Å². The maximum atomic E-state index is 12.8. The van der Waals surface area contributed by atoms with Gasteiger partial charge in [-0.25, -0.2) is 0 Å². The summed E-state index contributed by atoms with van der Waals surface area (Å²) in [6.45, 7) is 6.44. The number of carbonyl (C=O) groups is 1. The Kier molecular flexibility index (Phi) is 5.97. The van der Waals surface area contributed by atoms with Gasteiger partial charge in [0.1, 0.15) is 17.1 Å². The van der Waals surface area contributed by atoms with Crippen LogP contribution in [0.3, 0.4) is 0 Å². The van der Waals surface area contributed by atoms with E-state index in [-0.39, 0.29) is 17.2 Å². The average Bonchev–Trinajstić information content (AvgIpc) is 3.15. The number of piperidine rings is 1. The fraction of sp³-hybridized carbons (Fsp3) is 0.391. The van der Waals surface area contributed by atoms with Crippen molar-refractivity contribution in [2.75, 3.05) is 19.6 Å². The first-order chi connectivity index (χ1) is 14.4. The second kappa shape index (κ2) is 8.66. The van der Waals surface area contributed by atoms with Gasteiger partial charge in [-0.15, -0.1) is 0 Å². The second-order valence-corrected chi connectivity index (χ2v) is 8.44. The van der Waals surface area contributed by atoms with Crippen LogP contribution in [0.2, 0.25) is 5.02 Å². The van der Waals surface area contributed by atoms with Crippen LogP contribution >= 0.6 is 11.6 Å². The number of furan rings is 1. The zero-order valence-electron chi connectivity index (χ0n) is 17.1. The molecule has 1 N–H and O–H groups in total. The molecule has 0 unspecified atom stereocenters. The van der Waals surface area contributed by atoms with E-state index >= 15 is 0 Å². The molecule has 0 bridgehead atoms. The number of nitrogens with one attached hydrogen (secondary N) is 1. The highest BCUT2D eigenvalue weighted by Crippen LogP contribution is 2.28. The van der Waals surface area contributed by atoms with Gasteiger partial charge in [-0.2, -0.15) is 0 Å². The summed E-state index contributed by atoms with van der Waals surface area (Å²) < 4.78 is 11.5. The molecule has 1 amide bonds. The van der Waals surface area contributed by atoms with Crippen molar-refractivity contribution in [3.63, 3.8) is 0 Å². The summed E-state index contributed by atoms with van der Waals surface area (Å²) >= 11 is 5.95. The van der Waals surface area contributed by atoms with Crippen molar-refractivity contribution in [1.29, 1.82) is 0 Å². The van der Waals surface area contributed by atoms with Gasteiger partial charge < -0.3 is 14.2 Å². The minimum atomic E-state index is -0.428. The molecule has 1 aliphatic heterocycles. The number of fused-ring (bicyclic) bond motifs is 1. The molecule has 0 saturated carbocycles. The lowest BCUT2D eigenvalue weighted by Gasteiger charge is -2.35. The molecule has 2 aromatic heterocycles. The number of carbonyl (C=O) groups excluding carboxylic acids is 1. The van der Waals surface area contributed by atoms with Gasteiger partial charge in [-0.3, -0.25) is 14.5 Å². The Hall–Kier alpha value is -2.57. The van der Waals surface area contributed by atoms with Crippen LogP contribution in [0.25, 0.3) is 11.0 Å². The molecule has 1 fully saturated rings. The molecular weight excluding hydrogens is 404 g/mol. The molecule has 1 saturated heterocycles. The summed E-state index contributed by atoms with van der Waals surface area (Å²) in [5.41, 5.74) is 0.0346. The molecule has 3 heterocycles. The van der Waals surface area contributed by atoms with Crippen molar-refractivity contribution in [3.05, 3.63) is 68.9 Å². The molecule has 1 aromatic carbocycles. The SMILES string of the molecule is Cc1ccc([C@@H](CNC(=O)c2cc(=O)c3cc(Cl)ccc3o2)N2CCC(C)CC2)o1. The van der Waals surface area contributed by atoms with Crippen molar-refractivity contribution in [2.45, 2.75) is 32.7 Å². The average molecular weight is 429 g/mol. The molecule has 1 aliphatic rings. The van der Waals surface area contributed by atoms with Gasteiger partial charge in [-0.1, -0.05) is 18.5 Å². The number of benzene rings is 1. The molecule has 158 valence electrons. The van der Waals surface area contributed by atoms with E-state index in [1.165, 1.54) is 12.1 Å². The third-order valence-electron chi connectivity index (χ3n) is 5.72. The quantitative estimate of drug-likeness (QED) is 0.645. The number of halogens is 1. The molecule has 3 aromatic rings. The minimum absolute atomic E-state index is 0.0172. The topological polar surface area (TPSA) is 75.7 Å². The summed E-state index contributed by atoms with van der Waals surface area (Å²) in [4.78, 5) is 27.5. The largest absolute Gasteiger partial charge is 0.465 e. The lowest BCUT2D eigenvalue weighted by Crippen LogP contribution is -2.41. The third-order valence-corrected chi connectivity index (χ3v) is 5.95. The van der Waals surface area contributed by atoms with Crippen LogP contribution in [-0.2, 0) is 0 Å². The lowest BCUT2D eigenvalue weighted by atomic mass is 9.97. The van der Waals surface area contributed by atoms with Crippen LogP contribution in [0.4, 0.5) is 0 Å². The highest BCUT2D eigenvalue weighted by Gasteiger charge is 2.27. The Morgan fingerprint density at radius 2 is 1.97 bits per heavy atom. The Balaban J connectivity index is 1.53. The fourth-order valence-corrected chi connectivity index (χ4v) is 4.07. The van der Waals surface area contributed by atoms with Crippen molar-refractivity contribution in [3.8, 4) is 0 Å². The highest BCUT2D eigenvalue weighted by molar-refractivity contribution is 6.31. The number of hydrogen-bond donors (Lipinski definition) is 1. The number of nitrogens with zero attached hydrogens (tertiary/aromatic N) is 1. The summed E-state index contributed by atoms with van der Waals surface area (Å²) in [5.74, 6) is 1.93. The van der Waals surface area contributed by atoms with E-state index < -0.39 is 5.91 Å². The molecule has 1 atom stereocenters. The van der Waals surface area contributed by atoms with Crippen LogP contribution in [0.5, 0.6) is 0 Å². The normalized spacial score (nSPS) is 16.6. The van der Waals surface area contributed by atoms with Crippen molar-refractivity contribution < 1.29 is 13.6 Å². The monoisotopic (exact) mass is 428 g/mol. The van der Waals surface area contributed by atoms with Crippen molar-refractivity contribution in [2.24, 2.45) is 5.92 Å². The maximum Gasteiger partial charge on any atom is 0.287 e. The van der Waals surface area contributed by atoms with Gasteiger partial charge in [0.25, 0.3) is 5.91 Å². The predicted octanol–water partition coefficient (Wildman–Crippen LogP) is 4.55. The van der Waals surface area contributed by atoms with Gasteiger partial charge in [-0.05, 0) is 69.1 Å². The Morgan fingerprint density at radius 1 is 1.20 bits per heavy atom. The number of likely N-dealkylation sites (tertiary alicyclic amines) is 1. The Bertz CT molecular complexity index is 1110. The predicted molar refractivity (Wildman–Crippen MR) is 116 cm³/mol. The van der Waals surface area contributed by atoms with E-state index in [0.717, 1.165) is 37.5 Å². The first kappa shape index (κ1) is 20.7. The van der Waals surface area contributed by atoms with Gasteiger partial charge in [0.15, 0.2) is 11.2 Å². The maximum absolute atomic E-state index is 12.8. The van der Waals surface area contributed by atoms with Crippen LogP contribution in [-0.4, -0.2) is 30.4 Å².